The summed E-state index contributed by atoms with van der Waals surface area (Å²) in [5.41, 5.74) is 3.03. The zero-order valence-corrected chi connectivity index (χ0v) is 20.8. The lowest BCUT2D eigenvalue weighted by Gasteiger charge is -2.32. The van der Waals surface area contributed by atoms with Crippen molar-refractivity contribution in [3.8, 4) is 0 Å². The lowest BCUT2D eigenvalue weighted by Crippen LogP contribution is -2.40. The van der Waals surface area contributed by atoms with Crippen LogP contribution in [0.1, 0.15) is 61.2 Å². The largest absolute Gasteiger partial charge is 0.330 e. The van der Waals surface area contributed by atoms with Gasteiger partial charge in [-0.3, -0.25) is 9.59 Å². The highest BCUT2D eigenvalue weighted by atomic mass is 35.5. The first-order valence-corrected chi connectivity index (χ1v) is 11.5. The third-order valence-corrected chi connectivity index (χ3v) is 6.21. The van der Waals surface area contributed by atoms with Gasteiger partial charge in [-0.25, -0.2) is 4.98 Å². The van der Waals surface area contributed by atoms with Crippen molar-refractivity contribution in [1.29, 1.82) is 0 Å². The monoisotopic (exact) mass is 458 g/mol. The number of benzene rings is 1. The van der Waals surface area contributed by atoms with E-state index < -0.39 is 0 Å². The number of likely N-dealkylation sites (N-methyl/N-ethyl adjacent to an activating group) is 1. The van der Waals surface area contributed by atoms with Crippen LogP contribution >= 0.6 is 11.6 Å². The summed E-state index contributed by atoms with van der Waals surface area (Å²) in [4.78, 5) is 32.1. The summed E-state index contributed by atoms with van der Waals surface area (Å²) in [7, 11) is 2.01. The Labute approximate surface area is 196 Å². The average Bonchev–Trinajstić information content (AvgIpc) is 3.21. The van der Waals surface area contributed by atoms with Crippen molar-refractivity contribution in [2.75, 3.05) is 26.7 Å². The topological polar surface area (TPSA) is 58.4 Å². The molecule has 2 heterocycles. The number of aryl methyl sites for hydroxylation is 2. The van der Waals surface area contributed by atoms with Crippen molar-refractivity contribution in [1.82, 2.24) is 19.4 Å². The van der Waals surface area contributed by atoms with Gasteiger partial charge < -0.3 is 14.4 Å². The van der Waals surface area contributed by atoms with E-state index in [2.05, 4.69) is 29.8 Å². The molecule has 1 unspecified atom stereocenters. The Kier molecular flexibility index (Phi) is 9.66. The number of aromatic nitrogens is 2. The molecule has 1 aliphatic heterocycles. The summed E-state index contributed by atoms with van der Waals surface area (Å²) >= 11 is 5.99. The molecular formula is C25H35ClN4O2. The molecule has 1 aliphatic rings. The fourth-order valence-corrected chi connectivity index (χ4v) is 3.88. The van der Waals surface area contributed by atoms with Gasteiger partial charge in [0.1, 0.15) is 11.5 Å². The Bertz CT molecular complexity index is 967. The molecule has 1 atom stereocenters. The summed E-state index contributed by atoms with van der Waals surface area (Å²) in [6.07, 6.45) is 6.14. The summed E-state index contributed by atoms with van der Waals surface area (Å²) in [6.45, 7) is 12.5. The van der Waals surface area contributed by atoms with Crippen molar-refractivity contribution in [3.63, 3.8) is 0 Å². The van der Waals surface area contributed by atoms with E-state index in [9.17, 15) is 9.59 Å². The number of hydrogen-bond acceptors (Lipinski definition) is 4. The van der Waals surface area contributed by atoms with Crippen LogP contribution in [0.15, 0.2) is 36.5 Å². The van der Waals surface area contributed by atoms with Gasteiger partial charge in [-0.2, -0.15) is 0 Å². The summed E-state index contributed by atoms with van der Waals surface area (Å²) in [5, 5.41) is 0.921. The smallest absolute Gasteiger partial charge is 0.246 e. The number of halogens is 1. The number of rotatable bonds is 6. The maximum Gasteiger partial charge on any atom is 0.246 e. The van der Waals surface area contributed by atoms with Crippen LogP contribution in [0, 0.1) is 6.92 Å². The fraction of sp³-hybridized carbons (Fsp3) is 0.480. The van der Waals surface area contributed by atoms with Gasteiger partial charge in [0.15, 0.2) is 5.78 Å². The predicted octanol–water partition coefficient (Wildman–Crippen LogP) is 4.71. The van der Waals surface area contributed by atoms with Gasteiger partial charge in [-0.1, -0.05) is 49.7 Å². The minimum Gasteiger partial charge on any atom is -0.330 e. The van der Waals surface area contributed by atoms with E-state index in [4.69, 9.17) is 11.6 Å². The molecule has 3 rings (SSSR count). The molecule has 7 heteroatoms. The fourth-order valence-electron chi connectivity index (χ4n) is 3.62. The van der Waals surface area contributed by atoms with Crippen molar-refractivity contribution in [3.05, 3.63) is 64.2 Å². The first-order chi connectivity index (χ1) is 15.2. The van der Waals surface area contributed by atoms with Crippen LogP contribution in [0.3, 0.4) is 0 Å². The van der Waals surface area contributed by atoms with Crippen molar-refractivity contribution in [2.45, 2.75) is 53.6 Å². The Morgan fingerprint density at radius 2 is 2.03 bits per heavy atom. The van der Waals surface area contributed by atoms with Crippen molar-refractivity contribution < 1.29 is 9.59 Å². The number of amides is 1. The van der Waals surface area contributed by atoms with E-state index in [0.29, 0.717) is 18.8 Å². The van der Waals surface area contributed by atoms with Crippen LogP contribution in [0.25, 0.3) is 0 Å². The number of ketones is 1. The molecule has 1 amide bonds. The molecular weight excluding hydrogens is 424 g/mol. The molecule has 0 saturated carbocycles. The molecule has 6 nitrogen and oxygen atoms in total. The molecule has 0 fully saturated rings. The van der Waals surface area contributed by atoms with Gasteiger partial charge in [0, 0.05) is 31.1 Å². The van der Waals surface area contributed by atoms with Crippen molar-refractivity contribution >= 4 is 23.3 Å². The Morgan fingerprint density at radius 1 is 1.31 bits per heavy atom. The molecule has 0 N–H and O–H groups in total. The van der Waals surface area contributed by atoms with E-state index in [1.807, 2.05) is 43.7 Å². The summed E-state index contributed by atoms with van der Waals surface area (Å²) in [6, 6.07) is 6.19. The molecule has 0 aliphatic carbocycles. The number of carbonyl (C=O) groups excluding carboxylic acids is 2. The van der Waals surface area contributed by atoms with Crippen LogP contribution in [-0.2, 0) is 17.8 Å². The van der Waals surface area contributed by atoms with E-state index in [1.54, 1.807) is 24.1 Å². The summed E-state index contributed by atoms with van der Waals surface area (Å²) < 4.78 is 1.95. The third kappa shape index (κ3) is 6.53. The summed E-state index contributed by atoms with van der Waals surface area (Å²) in [5.74, 6) is 0.777. The Balaban J connectivity index is 0.000000303. The van der Waals surface area contributed by atoms with E-state index in [-0.39, 0.29) is 17.7 Å². The number of nitrogens with zero attached hydrogens (tertiary/aromatic N) is 4. The molecule has 174 valence electrons. The number of fused-ring (bicyclic) bond motifs is 1. The van der Waals surface area contributed by atoms with Crippen molar-refractivity contribution in [2.24, 2.45) is 0 Å². The minimum absolute atomic E-state index is 0.00465. The van der Waals surface area contributed by atoms with Gasteiger partial charge in [-0.15, -0.1) is 0 Å². The van der Waals surface area contributed by atoms with Gasteiger partial charge >= 0.3 is 0 Å². The van der Waals surface area contributed by atoms with Crippen LogP contribution in [0.2, 0.25) is 5.02 Å². The molecule has 0 spiro atoms. The lowest BCUT2D eigenvalue weighted by atomic mass is 10.1. The average molecular weight is 459 g/mol. The second-order valence-corrected chi connectivity index (χ2v) is 8.59. The van der Waals surface area contributed by atoms with Crippen LogP contribution in [-0.4, -0.2) is 57.7 Å². The van der Waals surface area contributed by atoms with Crippen LogP contribution in [0.5, 0.6) is 0 Å². The molecule has 1 aromatic carbocycles. The SMILES string of the molecule is CCN(C)C/C=C/C(=O)N1Cc2ncc(C(C)=O)n2C(C)C1.CCc1cccc(C)c1Cl. The standard InChI is InChI=1S/C16H24N4O2.C9H11Cl/c1-5-18(4)8-6-7-16(22)19-10-12(2)20-14(13(3)21)9-17-15(20)11-19;1-3-8-6-4-5-7(2)9(8)10/h6-7,9,12H,5,8,10-11H2,1-4H3;4-6H,3H2,1-2H3/b7-6+;. The Hall–Kier alpha value is -2.44. The third-order valence-electron chi connectivity index (χ3n) is 5.67. The quantitative estimate of drug-likeness (QED) is 0.464. The molecule has 0 bridgehead atoms. The zero-order valence-electron chi connectivity index (χ0n) is 20.1. The van der Waals surface area contributed by atoms with E-state index in [1.165, 1.54) is 11.1 Å². The van der Waals surface area contributed by atoms with Gasteiger partial charge in [0.25, 0.3) is 0 Å². The highest BCUT2D eigenvalue weighted by Crippen LogP contribution is 2.23. The molecule has 1 aromatic heterocycles. The predicted molar refractivity (Wildman–Crippen MR) is 130 cm³/mol. The van der Waals surface area contributed by atoms with E-state index in [0.717, 1.165) is 30.4 Å². The second-order valence-electron chi connectivity index (χ2n) is 8.21. The zero-order chi connectivity index (χ0) is 23.8. The highest BCUT2D eigenvalue weighted by Gasteiger charge is 2.28. The van der Waals surface area contributed by atoms with Gasteiger partial charge in [-0.05, 0) is 45.0 Å². The number of hydrogen-bond donors (Lipinski definition) is 0. The second kappa shape index (κ2) is 12.0. The highest BCUT2D eigenvalue weighted by molar-refractivity contribution is 6.32. The minimum atomic E-state index is -0.00465. The first-order valence-electron chi connectivity index (χ1n) is 11.1. The molecule has 0 radical (unpaired) electrons. The maximum atomic E-state index is 12.3. The molecule has 32 heavy (non-hydrogen) atoms. The normalized spacial score (nSPS) is 15.5. The van der Waals surface area contributed by atoms with Crippen LogP contribution < -0.4 is 0 Å². The van der Waals surface area contributed by atoms with Gasteiger partial charge in [0.2, 0.25) is 5.91 Å². The first kappa shape index (κ1) is 25.8. The molecule has 2 aromatic rings. The van der Waals surface area contributed by atoms with Gasteiger partial charge in [0.05, 0.1) is 18.8 Å². The lowest BCUT2D eigenvalue weighted by molar-refractivity contribution is -0.128. The van der Waals surface area contributed by atoms with E-state index >= 15 is 0 Å². The Morgan fingerprint density at radius 3 is 2.62 bits per heavy atom. The number of carbonyl (C=O) groups is 2. The maximum absolute atomic E-state index is 12.3. The van der Waals surface area contributed by atoms with Crippen LogP contribution in [0.4, 0.5) is 0 Å². The number of Topliss-reactive ketones (excluding diaryl/α,β-unsaturated/α-hetero) is 1. The molecule has 0 saturated heterocycles. The number of imidazole rings is 1.